The van der Waals surface area contributed by atoms with Gasteiger partial charge in [0.2, 0.25) is 5.91 Å². The summed E-state index contributed by atoms with van der Waals surface area (Å²) < 4.78 is 28.6. The zero-order valence-electron chi connectivity index (χ0n) is 13.8. The Labute approximate surface area is 157 Å². The van der Waals surface area contributed by atoms with Crippen LogP contribution in [0.4, 0.5) is 8.78 Å². The van der Waals surface area contributed by atoms with Crippen molar-refractivity contribution in [2.75, 3.05) is 0 Å². The van der Waals surface area contributed by atoms with Gasteiger partial charge in [0.25, 0.3) is 0 Å². The van der Waals surface area contributed by atoms with Gasteiger partial charge in [0, 0.05) is 16.3 Å². The molecule has 8 heteroatoms. The lowest BCUT2D eigenvalue weighted by Crippen LogP contribution is -2.28. The molecule has 0 fully saturated rings. The first-order valence-corrected chi connectivity index (χ1v) is 9.64. The van der Waals surface area contributed by atoms with Crippen molar-refractivity contribution >= 4 is 28.6 Å². The third kappa shape index (κ3) is 4.86. The van der Waals surface area contributed by atoms with Crippen LogP contribution in [0.2, 0.25) is 0 Å². The first kappa shape index (κ1) is 18.5. The average molecular weight is 394 g/mol. The number of carbonyl (C=O) groups excluding carboxylic acids is 1. The summed E-state index contributed by atoms with van der Waals surface area (Å²) in [4.78, 5) is 16.7. The number of thiophene rings is 1. The molecule has 0 aliphatic rings. The Bertz CT molecular complexity index is 848. The minimum atomic E-state index is -2.85. The van der Waals surface area contributed by atoms with E-state index in [4.69, 9.17) is 0 Å². The Hall–Kier alpha value is -2.32. The number of halogens is 2. The zero-order valence-corrected chi connectivity index (χ0v) is 15.4. The summed E-state index contributed by atoms with van der Waals surface area (Å²) in [7, 11) is 0. The molecule has 0 bridgehead atoms. The summed E-state index contributed by atoms with van der Waals surface area (Å²) in [5.41, 5.74) is 2.59. The molecule has 0 unspecified atom stereocenters. The highest BCUT2D eigenvalue weighted by molar-refractivity contribution is 7.14. The van der Waals surface area contributed by atoms with Crippen LogP contribution in [0.25, 0.3) is 10.6 Å². The second kappa shape index (κ2) is 8.37. The lowest BCUT2D eigenvalue weighted by Gasteiger charge is -2.14. The fourth-order valence-corrected chi connectivity index (χ4v) is 3.92. The molecule has 0 radical (unpaired) electrons. The van der Waals surface area contributed by atoms with E-state index >= 15 is 0 Å². The molecule has 0 aliphatic carbocycles. The van der Waals surface area contributed by atoms with Gasteiger partial charge in [0.15, 0.2) is 0 Å². The number of hydrogen-bond donors (Lipinski definition) is 1. The van der Waals surface area contributed by atoms with Crippen LogP contribution >= 0.6 is 22.7 Å². The monoisotopic (exact) mass is 394 g/mol. The zero-order chi connectivity index (χ0) is 18.5. The van der Waals surface area contributed by atoms with Crippen LogP contribution in [-0.2, 0) is 11.2 Å². The first-order valence-electron chi connectivity index (χ1n) is 7.82. The number of nitrogens with one attached hydrogen (secondary N) is 1. The highest BCUT2D eigenvalue weighted by Crippen LogP contribution is 2.26. The third-order valence-corrected chi connectivity index (χ3v) is 5.27. The molecule has 26 heavy (non-hydrogen) atoms. The SMILES string of the molecule is C[C@@H](NC(=O)Cc1csc(-c2ccsc2)n1)c1ccc(OC(F)F)cc1. The van der Waals surface area contributed by atoms with Gasteiger partial charge in [0.05, 0.1) is 18.2 Å². The Morgan fingerprint density at radius 3 is 2.65 bits per heavy atom. The Kier molecular flexibility index (Phi) is 5.95. The third-order valence-electron chi connectivity index (χ3n) is 3.64. The number of nitrogens with zero attached hydrogens (tertiary/aromatic N) is 1. The molecule has 3 aromatic rings. The number of hydrogen-bond acceptors (Lipinski definition) is 5. The molecule has 0 spiro atoms. The standard InChI is InChI=1S/C18H16F2N2O2S2/c1-11(12-2-4-15(5-3-12)24-18(19)20)21-16(23)8-14-10-26-17(22-14)13-6-7-25-9-13/h2-7,9-11,18H,8H2,1H3,(H,21,23)/t11-/m1/s1. The summed E-state index contributed by atoms with van der Waals surface area (Å²) in [5, 5.41) is 9.68. The van der Waals surface area contributed by atoms with Crippen LogP contribution in [-0.4, -0.2) is 17.5 Å². The Balaban J connectivity index is 1.56. The van der Waals surface area contributed by atoms with Crippen molar-refractivity contribution in [1.29, 1.82) is 0 Å². The molecule has 1 aromatic carbocycles. The largest absolute Gasteiger partial charge is 0.435 e. The molecule has 2 heterocycles. The maximum Gasteiger partial charge on any atom is 0.387 e. The second-order valence-corrected chi connectivity index (χ2v) is 7.21. The number of ether oxygens (including phenoxy) is 1. The summed E-state index contributed by atoms with van der Waals surface area (Å²) in [6, 6.07) is 7.96. The summed E-state index contributed by atoms with van der Waals surface area (Å²) in [6.07, 6.45) is 0.192. The van der Waals surface area contributed by atoms with Crippen LogP contribution in [0.15, 0.2) is 46.5 Å². The predicted molar refractivity (Wildman–Crippen MR) is 98.8 cm³/mol. The smallest absolute Gasteiger partial charge is 0.387 e. The van der Waals surface area contributed by atoms with Gasteiger partial charge in [-0.2, -0.15) is 20.1 Å². The first-order chi connectivity index (χ1) is 12.5. The molecular weight excluding hydrogens is 378 g/mol. The van der Waals surface area contributed by atoms with E-state index in [1.54, 1.807) is 23.5 Å². The number of amides is 1. The maximum atomic E-state index is 12.2. The van der Waals surface area contributed by atoms with Gasteiger partial charge in [0.1, 0.15) is 10.8 Å². The van der Waals surface area contributed by atoms with Crippen LogP contribution in [0.1, 0.15) is 24.2 Å². The Morgan fingerprint density at radius 2 is 2.00 bits per heavy atom. The lowest BCUT2D eigenvalue weighted by molar-refractivity contribution is -0.121. The van der Waals surface area contributed by atoms with E-state index < -0.39 is 6.61 Å². The molecule has 1 amide bonds. The number of alkyl halides is 2. The van der Waals surface area contributed by atoms with E-state index in [1.165, 1.54) is 23.5 Å². The van der Waals surface area contributed by atoms with E-state index in [1.807, 2.05) is 29.1 Å². The van der Waals surface area contributed by atoms with E-state index in [-0.39, 0.29) is 24.1 Å². The number of benzene rings is 1. The van der Waals surface area contributed by atoms with E-state index in [0.29, 0.717) is 0 Å². The molecule has 1 atom stereocenters. The highest BCUT2D eigenvalue weighted by atomic mass is 32.1. The molecule has 0 saturated carbocycles. The molecule has 2 aromatic heterocycles. The van der Waals surface area contributed by atoms with Gasteiger partial charge in [-0.15, -0.1) is 11.3 Å². The van der Waals surface area contributed by atoms with Crippen LogP contribution in [0, 0.1) is 0 Å². The molecule has 0 saturated heterocycles. The normalized spacial score (nSPS) is 12.2. The van der Waals surface area contributed by atoms with Crippen molar-refractivity contribution in [3.63, 3.8) is 0 Å². The number of carbonyl (C=O) groups is 1. The molecule has 136 valence electrons. The van der Waals surface area contributed by atoms with E-state index in [9.17, 15) is 13.6 Å². The van der Waals surface area contributed by atoms with Gasteiger partial charge in [-0.05, 0) is 36.1 Å². The van der Waals surface area contributed by atoms with Crippen molar-refractivity contribution in [3.05, 3.63) is 57.7 Å². The molecule has 4 nitrogen and oxygen atoms in total. The summed E-state index contributed by atoms with van der Waals surface area (Å²) in [5.74, 6) is -0.0571. The second-order valence-electron chi connectivity index (χ2n) is 5.57. The Morgan fingerprint density at radius 1 is 1.23 bits per heavy atom. The van der Waals surface area contributed by atoms with Crippen molar-refractivity contribution in [2.45, 2.75) is 26.0 Å². The van der Waals surface area contributed by atoms with Crippen molar-refractivity contribution in [1.82, 2.24) is 10.3 Å². The molecule has 1 N–H and O–H groups in total. The van der Waals surface area contributed by atoms with Gasteiger partial charge in [-0.25, -0.2) is 4.98 Å². The predicted octanol–water partition coefficient (Wildman–Crippen LogP) is 4.89. The topological polar surface area (TPSA) is 51.2 Å². The lowest BCUT2D eigenvalue weighted by atomic mass is 10.1. The van der Waals surface area contributed by atoms with Gasteiger partial charge < -0.3 is 10.1 Å². The van der Waals surface area contributed by atoms with Crippen LogP contribution in [0.5, 0.6) is 5.75 Å². The molecular formula is C18H16F2N2O2S2. The highest BCUT2D eigenvalue weighted by Gasteiger charge is 2.13. The fourth-order valence-electron chi connectivity index (χ4n) is 2.39. The van der Waals surface area contributed by atoms with Crippen molar-refractivity contribution in [3.8, 4) is 16.3 Å². The number of thiazole rings is 1. The van der Waals surface area contributed by atoms with Crippen molar-refractivity contribution < 1.29 is 18.3 Å². The van der Waals surface area contributed by atoms with Crippen LogP contribution < -0.4 is 10.1 Å². The van der Waals surface area contributed by atoms with Gasteiger partial charge in [-0.3, -0.25) is 4.79 Å². The van der Waals surface area contributed by atoms with Crippen LogP contribution in [0.3, 0.4) is 0 Å². The average Bonchev–Trinajstić information content (AvgIpc) is 3.26. The quantitative estimate of drug-likeness (QED) is 0.621. The van der Waals surface area contributed by atoms with E-state index in [2.05, 4.69) is 15.0 Å². The van der Waals surface area contributed by atoms with Gasteiger partial charge >= 0.3 is 6.61 Å². The minimum absolute atomic E-state index is 0.0886. The number of rotatable bonds is 7. The van der Waals surface area contributed by atoms with Crippen molar-refractivity contribution in [2.24, 2.45) is 0 Å². The van der Waals surface area contributed by atoms with E-state index in [0.717, 1.165) is 21.8 Å². The maximum absolute atomic E-state index is 12.2. The van der Waals surface area contributed by atoms with Gasteiger partial charge in [-0.1, -0.05) is 12.1 Å². The summed E-state index contributed by atoms with van der Waals surface area (Å²) >= 11 is 3.12. The minimum Gasteiger partial charge on any atom is -0.435 e. The molecule has 0 aliphatic heterocycles. The summed E-state index contributed by atoms with van der Waals surface area (Å²) in [6.45, 7) is -1.02. The molecule has 3 rings (SSSR count). The fraction of sp³-hybridized carbons (Fsp3) is 0.222. The number of aromatic nitrogens is 1.